The summed E-state index contributed by atoms with van der Waals surface area (Å²) in [6.07, 6.45) is 0. The van der Waals surface area contributed by atoms with Crippen LogP contribution in [0.25, 0.3) is 11.3 Å². The van der Waals surface area contributed by atoms with Crippen molar-refractivity contribution in [3.8, 4) is 11.3 Å². The Kier molecular flexibility index (Phi) is 5.41. The quantitative estimate of drug-likeness (QED) is 0.285. The number of alkyl halides is 3. The minimum atomic E-state index is -3.17. The van der Waals surface area contributed by atoms with E-state index in [-0.39, 0.29) is 23.4 Å². The third-order valence-electron chi connectivity index (χ3n) is 3.95. The van der Waals surface area contributed by atoms with Gasteiger partial charge < -0.3 is 5.32 Å². The SMILES string of the molecule is Cn1nc(C(F)(F)I)cc1-c1ccc(NCc2c(F)cccc2F)cc1F. The third kappa shape index (κ3) is 4.23. The summed E-state index contributed by atoms with van der Waals surface area (Å²) in [5.41, 5.74) is -0.0784. The monoisotopic (exact) mass is 493 g/mol. The van der Waals surface area contributed by atoms with Crippen molar-refractivity contribution in [2.45, 2.75) is 10.5 Å². The highest BCUT2D eigenvalue weighted by atomic mass is 127. The molecule has 3 nitrogen and oxygen atoms in total. The van der Waals surface area contributed by atoms with Gasteiger partial charge in [-0.2, -0.15) is 13.9 Å². The zero-order valence-electron chi connectivity index (χ0n) is 13.9. The van der Waals surface area contributed by atoms with Gasteiger partial charge in [0.2, 0.25) is 0 Å². The van der Waals surface area contributed by atoms with Crippen LogP contribution in [0.1, 0.15) is 11.3 Å². The second-order valence-electron chi connectivity index (χ2n) is 5.78. The van der Waals surface area contributed by atoms with Crippen LogP contribution in [-0.4, -0.2) is 9.78 Å². The molecule has 0 aliphatic heterocycles. The van der Waals surface area contributed by atoms with Crippen molar-refractivity contribution in [2.24, 2.45) is 7.05 Å². The number of halogens is 6. The van der Waals surface area contributed by atoms with Crippen molar-refractivity contribution in [3.63, 3.8) is 0 Å². The summed E-state index contributed by atoms with van der Waals surface area (Å²) >= 11 is 0.953. The summed E-state index contributed by atoms with van der Waals surface area (Å²) in [5, 5.41) is 6.45. The van der Waals surface area contributed by atoms with Crippen LogP contribution in [0.4, 0.5) is 27.6 Å². The van der Waals surface area contributed by atoms with Crippen LogP contribution < -0.4 is 5.32 Å². The van der Waals surface area contributed by atoms with Gasteiger partial charge in [-0.25, -0.2) is 13.2 Å². The molecule has 0 aliphatic carbocycles. The van der Waals surface area contributed by atoms with Crippen molar-refractivity contribution >= 4 is 28.3 Å². The molecule has 9 heteroatoms. The van der Waals surface area contributed by atoms with Crippen LogP contribution in [0.2, 0.25) is 0 Å². The molecule has 2 aromatic carbocycles. The number of aromatic nitrogens is 2. The topological polar surface area (TPSA) is 29.9 Å². The second-order valence-corrected chi connectivity index (χ2v) is 7.14. The molecule has 3 rings (SSSR count). The number of hydrogen-bond acceptors (Lipinski definition) is 2. The molecule has 0 aliphatic rings. The summed E-state index contributed by atoms with van der Waals surface area (Å²) in [6.45, 7) is -0.172. The second kappa shape index (κ2) is 7.45. The Morgan fingerprint density at radius 1 is 1.04 bits per heavy atom. The van der Waals surface area contributed by atoms with Gasteiger partial charge in [-0.3, -0.25) is 4.68 Å². The first-order valence-electron chi connectivity index (χ1n) is 7.74. The fourth-order valence-electron chi connectivity index (χ4n) is 2.58. The maximum Gasteiger partial charge on any atom is 0.339 e. The van der Waals surface area contributed by atoms with E-state index in [1.807, 2.05) is 0 Å². The molecule has 0 spiro atoms. The van der Waals surface area contributed by atoms with Gasteiger partial charge in [0.1, 0.15) is 23.1 Å². The number of hydrogen-bond donors (Lipinski definition) is 1. The van der Waals surface area contributed by atoms with Gasteiger partial charge in [-0.05, 0) is 36.4 Å². The van der Waals surface area contributed by atoms with Crippen LogP contribution in [-0.2, 0) is 17.5 Å². The molecule has 27 heavy (non-hydrogen) atoms. The highest BCUT2D eigenvalue weighted by molar-refractivity contribution is 14.1. The molecule has 1 aromatic heterocycles. The lowest BCUT2D eigenvalue weighted by Gasteiger charge is -2.10. The third-order valence-corrected chi connectivity index (χ3v) is 4.50. The lowest BCUT2D eigenvalue weighted by molar-refractivity contribution is 0.121. The molecule has 142 valence electrons. The maximum atomic E-state index is 14.5. The molecule has 1 heterocycles. The van der Waals surface area contributed by atoms with Gasteiger partial charge in [-0.1, -0.05) is 6.07 Å². The standard InChI is InChI=1S/C18H13F5IN3/c1-27-16(8-17(26-27)18(22,23)24)11-6-5-10(7-15(11)21)25-9-12-13(19)3-2-4-14(12)20/h2-8,25H,9H2,1H3. The van der Waals surface area contributed by atoms with E-state index in [0.717, 1.165) is 46.9 Å². The molecule has 0 amide bonds. The number of nitrogens with zero attached hydrogens (tertiary/aromatic N) is 2. The van der Waals surface area contributed by atoms with E-state index in [2.05, 4.69) is 10.4 Å². The first-order chi connectivity index (χ1) is 12.7. The Hall–Kier alpha value is -2.17. The summed E-state index contributed by atoms with van der Waals surface area (Å²) in [5.74, 6) is -2.09. The Bertz CT molecular complexity index is 961. The van der Waals surface area contributed by atoms with E-state index in [1.165, 1.54) is 29.9 Å². The van der Waals surface area contributed by atoms with E-state index in [9.17, 15) is 22.0 Å². The summed E-state index contributed by atoms with van der Waals surface area (Å²) in [6, 6.07) is 8.65. The zero-order valence-corrected chi connectivity index (χ0v) is 16.1. The highest BCUT2D eigenvalue weighted by Gasteiger charge is 2.31. The number of benzene rings is 2. The van der Waals surface area contributed by atoms with Crippen molar-refractivity contribution in [3.05, 3.63) is 71.2 Å². The Labute approximate surface area is 165 Å². The fourth-order valence-corrected chi connectivity index (χ4v) is 2.85. The van der Waals surface area contributed by atoms with Crippen LogP contribution in [0.15, 0.2) is 42.5 Å². The fraction of sp³-hybridized carbons (Fsp3) is 0.167. The van der Waals surface area contributed by atoms with Crippen LogP contribution in [0.5, 0.6) is 0 Å². The van der Waals surface area contributed by atoms with E-state index < -0.39 is 27.1 Å². The Morgan fingerprint density at radius 2 is 1.70 bits per heavy atom. The Balaban J connectivity index is 1.83. The lowest BCUT2D eigenvalue weighted by Crippen LogP contribution is -2.05. The van der Waals surface area contributed by atoms with Gasteiger partial charge in [0.25, 0.3) is 0 Å². The minimum absolute atomic E-state index is 0.0829. The summed E-state index contributed by atoms with van der Waals surface area (Å²) in [4.78, 5) is 0. The van der Waals surface area contributed by atoms with Gasteiger partial charge in [0.15, 0.2) is 0 Å². The molecule has 0 atom stereocenters. The molecule has 1 N–H and O–H groups in total. The van der Waals surface area contributed by atoms with Crippen LogP contribution in [0, 0.1) is 17.5 Å². The lowest BCUT2D eigenvalue weighted by atomic mass is 10.1. The predicted molar refractivity (Wildman–Crippen MR) is 100 cm³/mol. The normalized spacial score (nSPS) is 11.7. The molecule has 0 fully saturated rings. The number of aryl methyl sites for hydroxylation is 1. The summed E-state index contributed by atoms with van der Waals surface area (Å²) in [7, 11) is 1.44. The first kappa shape index (κ1) is 19.6. The van der Waals surface area contributed by atoms with Crippen molar-refractivity contribution in [1.29, 1.82) is 0 Å². The predicted octanol–water partition coefficient (Wildman–Crippen LogP) is 5.60. The van der Waals surface area contributed by atoms with Crippen LogP contribution in [0.3, 0.4) is 0 Å². The van der Waals surface area contributed by atoms with Gasteiger partial charge in [0.05, 0.1) is 5.69 Å². The zero-order chi connectivity index (χ0) is 19.8. The number of rotatable bonds is 5. The number of nitrogens with one attached hydrogen (secondary N) is 1. The van der Waals surface area contributed by atoms with E-state index in [4.69, 9.17) is 0 Å². The first-order valence-corrected chi connectivity index (χ1v) is 8.82. The molecule has 3 aromatic rings. The number of anilines is 1. The molecular formula is C18H13F5IN3. The molecule has 0 saturated heterocycles. The van der Waals surface area contributed by atoms with E-state index in [0.29, 0.717) is 5.69 Å². The smallest absolute Gasteiger partial charge is 0.339 e. The van der Waals surface area contributed by atoms with Crippen molar-refractivity contribution in [2.75, 3.05) is 5.32 Å². The van der Waals surface area contributed by atoms with E-state index >= 15 is 0 Å². The highest BCUT2D eigenvalue weighted by Crippen LogP contribution is 2.36. The van der Waals surface area contributed by atoms with Crippen molar-refractivity contribution in [1.82, 2.24) is 9.78 Å². The van der Waals surface area contributed by atoms with Gasteiger partial charge in [-0.15, -0.1) is 0 Å². The van der Waals surface area contributed by atoms with Crippen LogP contribution >= 0.6 is 22.6 Å². The molecule has 0 saturated carbocycles. The maximum absolute atomic E-state index is 14.5. The average Bonchev–Trinajstić information content (AvgIpc) is 2.96. The summed E-state index contributed by atoms with van der Waals surface area (Å²) < 4.78 is 66.6. The molecule has 0 bridgehead atoms. The molecule has 0 unspecified atom stereocenters. The molecular weight excluding hydrogens is 480 g/mol. The van der Waals surface area contributed by atoms with E-state index in [1.54, 1.807) is 0 Å². The van der Waals surface area contributed by atoms with Gasteiger partial charge in [0, 0.05) is 53.0 Å². The minimum Gasteiger partial charge on any atom is -0.381 e. The molecule has 0 radical (unpaired) electrons. The van der Waals surface area contributed by atoms with Crippen molar-refractivity contribution < 1.29 is 22.0 Å². The Morgan fingerprint density at radius 3 is 2.26 bits per heavy atom. The average molecular weight is 493 g/mol. The largest absolute Gasteiger partial charge is 0.381 e. The van der Waals surface area contributed by atoms with Gasteiger partial charge >= 0.3 is 3.93 Å².